The van der Waals surface area contributed by atoms with Crippen molar-refractivity contribution < 1.29 is 63.5 Å². The standard InChI is InChI=1S/C23H28O13/c1-30-13-5-10(6-14(31-2)17(13)25)22(29)34-9-16-18(26)19(27)20(28)23(36-16)35-11-7-12(24)21(33-4)15(8-11)32-3/h5-8,16,18-20,23-28H,9H2,1-4H3/t16-,18-,19+,20-,23-/m1/s1. The number of hydrogen-bond acceptors (Lipinski definition) is 13. The molecule has 5 N–H and O–H groups in total. The lowest BCUT2D eigenvalue weighted by Gasteiger charge is -2.39. The smallest absolute Gasteiger partial charge is 0.338 e. The van der Waals surface area contributed by atoms with Gasteiger partial charge >= 0.3 is 5.97 Å². The highest BCUT2D eigenvalue weighted by molar-refractivity contribution is 5.91. The Morgan fingerprint density at radius 1 is 0.833 bits per heavy atom. The van der Waals surface area contributed by atoms with Gasteiger partial charge in [-0.15, -0.1) is 0 Å². The second-order valence-corrected chi connectivity index (χ2v) is 7.64. The van der Waals surface area contributed by atoms with E-state index in [-0.39, 0.29) is 45.8 Å². The molecule has 1 heterocycles. The Morgan fingerprint density at radius 3 is 2.00 bits per heavy atom. The number of methoxy groups -OCH3 is 4. The lowest BCUT2D eigenvalue weighted by molar-refractivity contribution is -0.277. The highest BCUT2D eigenvalue weighted by atomic mass is 16.7. The van der Waals surface area contributed by atoms with E-state index in [1.165, 1.54) is 52.7 Å². The molecule has 0 spiro atoms. The summed E-state index contributed by atoms with van der Waals surface area (Å²) in [7, 11) is 5.26. The molecule has 198 valence electrons. The third-order valence-corrected chi connectivity index (χ3v) is 5.45. The van der Waals surface area contributed by atoms with Crippen LogP contribution in [0.1, 0.15) is 10.4 Å². The van der Waals surface area contributed by atoms with E-state index in [0.717, 1.165) is 0 Å². The zero-order chi connectivity index (χ0) is 26.6. The SMILES string of the molecule is COc1cc(C(=O)OC[C@H]2O[C@@H](Oc3cc(O)c(OC)c(OC)c3)[C@H](O)[C@@H](O)[C@@H]2O)cc(OC)c1O. The molecule has 5 atom stereocenters. The molecule has 0 unspecified atom stereocenters. The molecule has 1 fully saturated rings. The maximum atomic E-state index is 12.6. The van der Waals surface area contributed by atoms with Crippen LogP contribution in [-0.4, -0.2) is 97.3 Å². The van der Waals surface area contributed by atoms with Gasteiger partial charge in [-0.1, -0.05) is 0 Å². The van der Waals surface area contributed by atoms with E-state index in [2.05, 4.69) is 0 Å². The zero-order valence-corrected chi connectivity index (χ0v) is 19.9. The van der Waals surface area contributed by atoms with Crippen LogP contribution in [0, 0.1) is 0 Å². The first-order valence-electron chi connectivity index (χ1n) is 10.6. The summed E-state index contributed by atoms with van der Waals surface area (Å²) in [6, 6.07) is 4.99. The summed E-state index contributed by atoms with van der Waals surface area (Å²) in [4.78, 5) is 12.6. The maximum absolute atomic E-state index is 12.6. The number of phenolic OH excluding ortho intramolecular Hbond substituents is 2. The van der Waals surface area contributed by atoms with Crippen LogP contribution in [0.5, 0.6) is 40.2 Å². The predicted octanol–water partition coefficient (Wildman–Crippen LogP) is 0.176. The topological polar surface area (TPSA) is 183 Å². The summed E-state index contributed by atoms with van der Waals surface area (Å²) in [6.45, 7) is -0.535. The lowest BCUT2D eigenvalue weighted by Crippen LogP contribution is -2.60. The average molecular weight is 512 g/mol. The summed E-state index contributed by atoms with van der Waals surface area (Å²) in [5, 5.41) is 51.1. The fraction of sp³-hybridized carbons (Fsp3) is 0.435. The molecule has 3 rings (SSSR count). The summed E-state index contributed by atoms with van der Waals surface area (Å²) >= 11 is 0. The highest BCUT2D eigenvalue weighted by Crippen LogP contribution is 2.41. The quantitative estimate of drug-likeness (QED) is 0.287. The third-order valence-electron chi connectivity index (χ3n) is 5.45. The number of phenols is 2. The Morgan fingerprint density at radius 2 is 1.44 bits per heavy atom. The fourth-order valence-electron chi connectivity index (χ4n) is 3.53. The van der Waals surface area contributed by atoms with Gasteiger partial charge in [-0.2, -0.15) is 0 Å². The first-order chi connectivity index (χ1) is 17.1. The molecule has 13 heteroatoms. The summed E-state index contributed by atoms with van der Waals surface area (Å²) in [6.07, 6.45) is -7.84. The first kappa shape index (κ1) is 26.9. The third kappa shape index (κ3) is 5.44. The van der Waals surface area contributed by atoms with Gasteiger partial charge in [-0.05, 0) is 12.1 Å². The van der Waals surface area contributed by atoms with Crippen LogP contribution < -0.4 is 23.7 Å². The number of aliphatic hydroxyl groups excluding tert-OH is 3. The molecule has 1 saturated heterocycles. The van der Waals surface area contributed by atoms with Crippen molar-refractivity contribution in [2.75, 3.05) is 35.0 Å². The van der Waals surface area contributed by atoms with Crippen LogP contribution in [0.3, 0.4) is 0 Å². The molecule has 1 aliphatic heterocycles. The molecular formula is C23H28O13. The van der Waals surface area contributed by atoms with Gasteiger partial charge in [0.1, 0.15) is 36.8 Å². The molecule has 13 nitrogen and oxygen atoms in total. The number of carbonyl (C=O) groups is 1. The minimum atomic E-state index is -1.71. The first-order valence-corrected chi connectivity index (χ1v) is 10.6. The number of aromatic hydroxyl groups is 2. The van der Waals surface area contributed by atoms with Gasteiger partial charge in [0.2, 0.25) is 17.8 Å². The molecular weight excluding hydrogens is 484 g/mol. The van der Waals surface area contributed by atoms with Crippen molar-refractivity contribution in [3.63, 3.8) is 0 Å². The predicted molar refractivity (Wildman–Crippen MR) is 120 cm³/mol. The Hall–Kier alpha value is -3.65. The largest absolute Gasteiger partial charge is 0.504 e. The number of ether oxygens (including phenoxy) is 7. The van der Waals surface area contributed by atoms with Crippen LogP contribution >= 0.6 is 0 Å². The number of carbonyl (C=O) groups excluding carboxylic acids is 1. The van der Waals surface area contributed by atoms with Crippen LogP contribution in [0.4, 0.5) is 0 Å². The monoisotopic (exact) mass is 512 g/mol. The van der Waals surface area contributed by atoms with E-state index in [1.807, 2.05) is 0 Å². The molecule has 1 aliphatic rings. The Labute approximate surface area is 205 Å². The lowest BCUT2D eigenvalue weighted by atomic mass is 9.99. The second-order valence-electron chi connectivity index (χ2n) is 7.64. The van der Waals surface area contributed by atoms with Crippen molar-refractivity contribution in [1.29, 1.82) is 0 Å². The van der Waals surface area contributed by atoms with Crippen molar-refractivity contribution in [1.82, 2.24) is 0 Å². The minimum Gasteiger partial charge on any atom is -0.504 e. The van der Waals surface area contributed by atoms with E-state index in [4.69, 9.17) is 33.2 Å². The maximum Gasteiger partial charge on any atom is 0.338 e. The molecule has 0 aliphatic carbocycles. The number of aliphatic hydroxyl groups is 3. The highest BCUT2D eigenvalue weighted by Gasteiger charge is 2.45. The van der Waals surface area contributed by atoms with Crippen molar-refractivity contribution in [2.45, 2.75) is 30.7 Å². The van der Waals surface area contributed by atoms with Gasteiger partial charge in [0, 0.05) is 12.1 Å². The molecule has 0 radical (unpaired) electrons. The zero-order valence-electron chi connectivity index (χ0n) is 19.9. The molecule has 0 aromatic heterocycles. The van der Waals surface area contributed by atoms with Crippen molar-refractivity contribution in [2.24, 2.45) is 0 Å². The van der Waals surface area contributed by atoms with Crippen LogP contribution in [-0.2, 0) is 9.47 Å². The van der Waals surface area contributed by atoms with E-state index >= 15 is 0 Å². The van der Waals surface area contributed by atoms with Crippen LogP contribution in [0.15, 0.2) is 24.3 Å². The van der Waals surface area contributed by atoms with E-state index < -0.39 is 43.3 Å². The summed E-state index contributed by atoms with van der Waals surface area (Å²) in [5.41, 5.74) is -0.0269. The van der Waals surface area contributed by atoms with E-state index in [1.54, 1.807) is 0 Å². The molecule has 0 saturated carbocycles. The summed E-state index contributed by atoms with van der Waals surface area (Å²) in [5.74, 6) is -1.37. The number of hydrogen-bond donors (Lipinski definition) is 5. The Kier molecular flexibility index (Phi) is 8.53. The average Bonchev–Trinajstić information content (AvgIpc) is 2.87. The van der Waals surface area contributed by atoms with Gasteiger partial charge in [0.05, 0.1) is 34.0 Å². The molecule has 2 aromatic rings. The number of esters is 1. The molecule has 0 amide bonds. The fourth-order valence-corrected chi connectivity index (χ4v) is 3.53. The van der Waals surface area contributed by atoms with Gasteiger partial charge in [0.15, 0.2) is 23.0 Å². The van der Waals surface area contributed by atoms with E-state index in [9.17, 15) is 30.3 Å². The number of benzene rings is 2. The van der Waals surface area contributed by atoms with Gasteiger partial charge in [-0.25, -0.2) is 4.79 Å². The van der Waals surface area contributed by atoms with Crippen molar-refractivity contribution >= 4 is 5.97 Å². The van der Waals surface area contributed by atoms with E-state index in [0.29, 0.717) is 0 Å². The normalized spacial score (nSPS) is 23.5. The Balaban J connectivity index is 1.74. The van der Waals surface area contributed by atoms with Gasteiger partial charge in [-0.3, -0.25) is 0 Å². The van der Waals surface area contributed by atoms with Gasteiger partial charge in [0.25, 0.3) is 0 Å². The van der Waals surface area contributed by atoms with Crippen molar-refractivity contribution in [3.8, 4) is 40.2 Å². The molecule has 0 bridgehead atoms. The minimum absolute atomic E-state index is 0.00295. The second kappa shape index (κ2) is 11.4. The van der Waals surface area contributed by atoms with Crippen LogP contribution in [0.25, 0.3) is 0 Å². The van der Waals surface area contributed by atoms with Crippen molar-refractivity contribution in [3.05, 3.63) is 29.8 Å². The van der Waals surface area contributed by atoms with Crippen LogP contribution in [0.2, 0.25) is 0 Å². The summed E-state index contributed by atoms with van der Waals surface area (Å²) < 4.78 is 36.5. The molecule has 2 aromatic carbocycles. The number of rotatable bonds is 9. The molecule has 36 heavy (non-hydrogen) atoms. The van der Waals surface area contributed by atoms with Gasteiger partial charge < -0.3 is 58.7 Å². The Bertz CT molecular complexity index is 1050.